The first-order chi connectivity index (χ1) is 10.1. The number of carbonyl (C=O) groups is 1. The lowest BCUT2D eigenvalue weighted by Gasteiger charge is -2.34. The average molecular weight is 292 g/mol. The van der Waals surface area contributed by atoms with Gasteiger partial charge in [0, 0.05) is 45.8 Å². The molecule has 1 aliphatic rings. The Bertz CT molecular complexity index is 455. The van der Waals surface area contributed by atoms with Crippen LogP contribution in [0.4, 0.5) is 5.82 Å². The highest BCUT2D eigenvalue weighted by molar-refractivity contribution is 5.91. The summed E-state index contributed by atoms with van der Waals surface area (Å²) < 4.78 is 0. The second-order valence-corrected chi connectivity index (χ2v) is 5.53. The Morgan fingerprint density at radius 3 is 2.57 bits per heavy atom. The second kappa shape index (κ2) is 7.33. The lowest BCUT2D eigenvalue weighted by Crippen LogP contribution is -2.47. The van der Waals surface area contributed by atoms with Crippen molar-refractivity contribution in [2.75, 3.05) is 52.1 Å². The molecule has 7 heteroatoms. The summed E-state index contributed by atoms with van der Waals surface area (Å²) in [7, 11) is 3.73. The zero-order chi connectivity index (χ0) is 15.2. The highest BCUT2D eigenvalue weighted by atomic mass is 16.1. The summed E-state index contributed by atoms with van der Waals surface area (Å²) in [5.41, 5.74) is 0.328. The highest BCUT2D eigenvalue weighted by Gasteiger charge is 2.16. The van der Waals surface area contributed by atoms with Gasteiger partial charge in [0.25, 0.3) is 5.91 Å². The molecule has 0 radical (unpaired) electrons. The number of anilines is 1. The first-order valence-electron chi connectivity index (χ1n) is 7.31. The predicted octanol–water partition coefficient (Wildman–Crippen LogP) is -0.116. The van der Waals surface area contributed by atoms with Crippen LogP contribution >= 0.6 is 0 Å². The van der Waals surface area contributed by atoms with Crippen LogP contribution in [0.2, 0.25) is 0 Å². The zero-order valence-electron chi connectivity index (χ0n) is 13.0. The van der Waals surface area contributed by atoms with E-state index in [1.807, 2.05) is 0 Å². The molecule has 1 aromatic heterocycles. The normalized spacial score (nSPS) is 18.2. The molecule has 0 aliphatic carbocycles. The molecule has 0 bridgehead atoms. The molecule has 2 heterocycles. The molecule has 116 valence electrons. The van der Waals surface area contributed by atoms with Gasteiger partial charge in [0.1, 0.15) is 5.82 Å². The van der Waals surface area contributed by atoms with E-state index in [0.29, 0.717) is 11.5 Å². The minimum atomic E-state index is -0.223. The summed E-state index contributed by atoms with van der Waals surface area (Å²) in [6, 6.07) is 3.75. The van der Waals surface area contributed by atoms with E-state index < -0.39 is 0 Å². The topological polar surface area (TPSA) is 73.4 Å². The molecular weight excluding hydrogens is 268 g/mol. The maximum absolute atomic E-state index is 11.4. The van der Waals surface area contributed by atoms with E-state index in [-0.39, 0.29) is 11.9 Å². The third kappa shape index (κ3) is 4.64. The molecule has 1 aromatic rings. The molecule has 1 atom stereocenters. The SMILES string of the molecule is CNC(=O)c1ccc(NC(C)CN2CCN(C)CC2)nn1. The third-order valence-corrected chi connectivity index (χ3v) is 3.65. The standard InChI is InChI=1S/C14H24N6O/c1-11(10-20-8-6-19(3)7-9-20)16-13-5-4-12(17-18-13)14(21)15-2/h4-5,11H,6-10H2,1-3H3,(H,15,21)(H,16,18). The maximum atomic E-state index is 11.4. The van der Waals surface area contributed by atoms with Crippen LogP contribution in [0.25, 0.3) is 0 Å². The summed E-state index contributed by atoms with van der Waals surface area (Å²) >= 11 is 0. The lowest BCUT2D eigenvalue weighted by molar-refractivity contribution is 0.0957. The predicted molar refractivity (Wildman–Crippen MR) is 82.4 cm³/mol. The van der Waals surface area contributed by atoms with Crippen LogP contribution in [0, 0.1) is 0 Å². The molecule has 7 nitrogen and oxygen atoms in total. The van der Waals surface area contributed by atoms with Crippen molar-refractivity contribution in [3.63, 3.8) is 0 Å². The highest BCUT2D eigenvalue weighted by Crippen LogP contribution is 2.06. The summed E-state index contributed by atoms with van der Waals surface area (Å²) in [6.07, 6.45) is 0. The van der Waals surface area contributed by atoms with Gasteiger partial charge in [-0.25, -0.2) is 0 Å². The van der Waals surface area contributed by atoms with Crippen molar-refractivity contribution in [3.8, 4) is 0 Å². The Balaban J connectivity index is 1.82. The molecule has 2 rings (SSSR count). The van der Waals surface area contributed by atoms with Crippen molar-refractivity contribution >= 4 is 11.7 Å². The fourth-order valence-electron chi connectivity index (χ4n) is 2.37. The van der Waals surface area contributed by atoms with Crippen LogP contribution < -0.4 is 10.6 Å². The maximum Gasteiger partial charge on any atom is 0.271 e. The van der Waals surface area contributed by atoms with Gasteiger partial charge < -0.3 is 15.5 Å². The van der Waals surface area contributed by atoms with E-state index in [0.717, 1.165) is 32.7 Å². The van der Waals surface area contributed by atoms with Crippen LogP contribution in [-0.4, -0.2) is 78.8 Å². The molecule has 1 saturated heterocycles. The summed E-state index contributed by atoms with van der Waals surface area (Å²) in [5, 5.41) is 13.8. The fraction of sp³-hybridized carbons (Fsp3) is 0.643. The van der Waals surface area contributed by atoms with Gasteiger partial charge in [-0.2, -0.15) is 0 Å². The quantitative estimate of drug-likeness (QED) is 0.788. The monoisotopic (exact) mass is 292 g/mol. The molecule has 0 aromatic carbocycles. The first-order valence-corrected chi connectivity index (χ1v) is 7.31. The fourth-order valence-corrected chi connectivity index (χ4v) is 2.37. The van der Waals surface area contributed by atoms with Gasteiger partial charge in [-0.05, 0) is 26.1 Å². The van der Waals surface area contributed by atoms with Gasteiger partial charge >= 0.3 is 0 Å². The Labute approximate surface area is 125 Å². The van der Waals surface area contributed by atoms with E-state index in [2.05, 4.69) is 44.6 Å². The molecule has 2 N–H and O–H groups in total. The number of likely N-dealkylation sites (N-methyl/N-ethyl adjacent to an activating group) is 1. The number of piperazine rings is 1. The van der Waals surface area contributed by atoms with Gasteiger partial charge in [0.15, 0.2) is 5.69 Å². The Kier molecular flexibility index (Phi) is 5.46. The third-order valence-electron chi connectivity index (χ3n) is 3.65. The van der Waals surface area contributed by atoms with E-state index in [1.165, 1.54) is 0 Å². The average Bonchev–Trinajstić information content (AvgIpc) is 2.49. The lowest BCUT2D eigenvalue weighted by atomic mass is 10.2. The van der Waals surface area contributed by atoms with Gasteiger partial charge in [0.2, 0.25) is 0 Å². The largest absolute Gasteiger partial charge is 0.365 e. The van der Waals surface area contributed by atoms with Crippen molar-refractivity contribution in [1.82, 2.24) is 25.3 Å². The van der Waals surface area contributed by atoms with Crippen LogP contribution in [0.15, 0.2) is 12.1 Å². The number of carbonyl (C=O) groups excluding carboxylic acids is 1. The Morgan fingerprint density at radius 1 is 1.29 bits per heavy atom. The molecule has 1 unspecified atom stereocenters. The number of aromatic nitrogens is 2. The molecule has 1 fully saturated rings. The Hall–Kier alpha value is -1.73. The molecule has 21 heavy (non-hydrogen) atoms. The molecular formula is C14H24N6O. The number of hydrogen-bond acceptors (Lipinski definition) is 6. The second-order valence-electron chi connectivity index (χ2n) is 5.53. The molecule has 0 saturated carbocycles. The van der Waals surface area contributed by atoms with Crippen LogP contribution in [0.3, 0.4) is 0 Å². The number of nitrogens with zero attached hydrogens (tertiary/aromatic N) is 4. The minimum Gasteiger partial charge on any atom is -0.365 e. The number of nitrogens with one attached hydrogen (secondary N) is 2. The van der Waals surface area contributed by atoms with Gasteiger partial charge in [-0.1, -0.05) is 0 Å². The van der Waals surface area contributed by atoms with Crippen molar-refractivity contribution in [2.24, 2.45) is 0 Å². The van der Waals surface area contributed by atoms with Crippen molar-refractivity contribution in [1.29, 1.82) is 0 Å². The van der Waals surface area contributed by atoms with Gasteiger partial charge in [-0.3, -0.25) is 9.69 Å². The summed E-state index contributed by atoms with van der Waals surface area (Å²) in [5.74, 6) is 0.476. The Morgan fingerprint density at radius 2 is 2.00 bits per heavy atom. The summed E-state index contributed by atoms with van der Waals surface area (Å²) in [4.78, 5) is 16.2. The van der Waals surface area contributed by atoms with Crippen molar-refractivity contribution < 1.29 is 4.79 Å². The number of hydrogen-bond donors (Lipinski definition) is 2. The van der Waals surface area contributed by atoms with Gasteiger partial charge in [-0.15, -0.1) is 10.2 Å². The number of rotatable bonds is 5. The van der Waals surface area contributed by atoms with E-state index >= 15 is 0 Å². The molecule has 1 aliphatic heterocycles. The van der Waals surface area contributed by atoms with Crippen LogP contribution in [0.5, 0.6) is 0 Å². The smallest absolute Gasteiger partial charge is 0.271 e. The number of amides is 1. The minimum absolute atomic E-state index is 0.223. The van der Waals surface area contributed by atoms with Gasteiger partial charge in [0.05, 0.1) is 0 Å². The van der Waals surface area contributed by atoms with E-state index in [1.54, 1.807) is 19.2 Å². The van der Waals surface area contributed by atoms with E-state index in [4.69, 9.17) is 0 Å². The molecule has 1 amide bonds. The molecule has 0 spiro atoms. The van der Waals surface area contributed by atoms with Crippen LogP contribution in [0.1, 0.15) is 17.4 Å². The van der Waals surface area contributed by atoms with Crippen LogP contribution in [-0.2, 0) is 0 Å². The van der Waals surface area contributed by atoms with Crippen molar-refractivity contribution in [3.05, 3.63) is 17.8 Å². The zero-order valence-corrected chi connectivity index (χ0v) is 13.0. The van der Waals surface area contributed by atoms with Crippen molar-refractivity contribution in [2.45, 2.75) is 13.0 Å². The van der Waals surface area contributed by atoms with E-state index in [9.17, 15) is 4.79 Å². The first kappa shape index (κ1) is 15.7. The summed E-state index contributed by atoms with van der Waals surface area (Å²) in [6.45, 7) is 7.55.